The van der Waals surface area contributed by atoms with Crippen LogP contribution in [-0.2, 0) is 27.6 Å². The zero-order valence-electron chi connectivity index (χ0n) is 18.2. The van der Waals surface area contributed by atoms with Crippen molar-refractivity contribution in [2.45, 2.75) is 32.5 Å². The van der Waals surface area contributed by atoms with Gasteiger partial charge in [0.15, 0.2) is 5.60 Å². The standard InChI is InChI=1S/C19H19ClF4N4O6/c1-5-33-15(30)18(2,3)34-26-16(31)25-11-7-12(10(21)6-9(11)20)28-14(29)8-13(19(22,23)24)27(4)17(28)32/h6-8H,5H2,1-4H3,(H2,25,26,31). The summed E-state index contributed by atoms with van der Waals surface area (Å²) in [6.45, 7) is 4.24. The molecule has 0 aliphatic heterocycles. The van der Waals surface area contributed by atoms with E-state index in [9.17, 15) is 36.7 Å². The first-order chi connectivity index (χ1) is 15.6. The van der Waals surface area contributed by atoms with Gasteiger partial charge < -0.3 is 10.1 Å². The first-order valence-electron chi connectivity index (χ1n) is 9.42. The summed E-state index contributed by atoms with van der Waals surface area (Å²) in [7, 11) is 0.754. The molecule has 1 heterocycles. The Balaban J connectivity index is 2.40. The van der Waals surface area contributed by atoms with Crippen LogP contribution in [0.2, 0.25) is 5.02 Å². The molecule has 34 heavy (non-hydrogen) atoms. The highest BCUT2D eigenvalue weighted by Crippen LogP contribution is 2.29. The SMILES string of the molecule is CCOC(=O)C(C)(C)ONC(=O)Nc1cc(-n2c(=O)cc(C(F)(F)F)n(C)c2=O)c(F)cc1Cl. The van der Waals surface area contributed by atoms with E-state index in [2.05, 4.69) is 5.32 Å². The predicted molar refractivity (Wildman–Crippen MR) is 111 cm³/mol. The van der Waals surface area contributed by atoms with Crippen molar-refractivity contribution < 1.29 is 36.7 Å². The third-order valence-corrected chi connectivity index (χ3v) is 4.61. The zero-order valence-corrected chi connectivity index (χ0v) is 18.9. The summed E-state index contributed by atoms with van der Waals surface area (Å²) in [5, 5.41) is 1.77. The molecule has 0 saturated heterocycles. The molecule has 1 aromatic heterocycles. The van der Waals surface area contributed by atoms with E-state index in [0.29, 0.717) is 6.07 Å². The average Bonchev–Trinajstić information content (AvgIpc) is 2.71. The van der Waals surface area contributed by atoms with E-state index in [1.807, 2.05) is 5.48 Å². The van der Waals surface area contributed by atoms with Gasteiger partial charge in [0.05, 0.1) is 23.0 Å². The smallest absolute Gasteiger partial charge is 0.431 e. The molecule has 0 fully saturated rings. The van der Waals surface area contributed by atoms with Crippen molar-refractivity contribution in [2.24, 2.45) is 7.05 Å². The van der Waals surface area contributed by atoms with Crippen LogP contribution >= 0.6 is 11.6 Å². The number of aromatic nitrogens is 2. The maximum Gasteiger partial charge on any atom is 0.431 e. The lowest BCUT2D eigenvalue weighted by Gasteiger charge is -2.22. The molecule has 1 aromatic carbocycles. The predicted octanol–water partition coefficient (Wildman–Crippen LogP) is 2.74. The van der Waals surface area contributed by atoms with Crippen LogP contribution in [0.1, 0.15) is 26.5 Å². The van der Waals surface area contributed by atoms with E-state index >= 15 is 0 Å². The van der Waals surface area contributed by atoms with Gasteiger partial charge in [0.1, 0.15) is 11.5 Å². The number of amides is 2. The normalized spacial score (nSPS) is 11.8. The summed E-state index contributed by atoms with van der Waals surface area (Å²) >= 11 is 5.89. The van der Waals surface area contributed by atoms with E-state index in [1.165, 1.54) is 13.8 Å². The molecule has 15 heteroatoms. The molecule has 0 aliphatic carbocycles. The maximum atomic E-state index is 14.5. The Morgan fingerprint density at radius 3 is 2.32 bits per heavy atom. The number of hydrogen-bond donors (Lipinski definition) is 2. The van der Waals surface area contributed by atoms with Crippen LogP contribution in [-0.4, -0.2) is 33.3 Å². The third-order valence-electron chi connectivity index (χ3n) is 4.30. The lowest BCUT2D eigenvalue weighted by atomic mass is 10.1. The summed E-state index contributed by atoms with van der Waals surface area (Å²) in [6.07, 6.45) is -5.01. The number of nitrogens with zero attached hydrogens (tertiary/aromatic N) is 2. The molecule has 2 amide bonds. The fourth-order valence-corrected chi connectivity index (χ4v) is 2.79. The van der Waals surface area contributed by atoms with Gasteiger partial charge >= 0.3 is 23.9 Å². The van der Waals surface area contributed by atoms with Crippen LogP contribution < -0.4 is 22.0 Å². The summed E-state index contributed by atoms with van der Waals surface area (Å²) in [5.41, 5.74) is -5.27. The molecule has 0 bridgehead atoms. The van der Waals surface area contributed by atoms with Gasteiger partial charge in [-0.3, -0.25) is 14.2 Å². The number of rotatable bonds is 6. The lowest BCUT2D eigenvalue weighted by molar-refractivity contribution is -0.173. The Labute approximate surface area is 194 Å². The summed E-state index contributed by atoms with van der Waals surface area (Å²) in [4.78, 5) is 53.6. The van der Waals surface area contributed by atoms with Crippen LogP contribution in [0.15, 0.2) is 27.8 Å². The van der Waals surface area contributed by atoms with E-state index in [-0.39, 0.29) is 32.5 Å². The number of esters is 1. The number of carbonyl (C=O) groups excluding carboxylic acids is 2. The van der Waals surface area contributed by atoms with Crippen molar-refractivity contribution in [3.63, 3.8) is 0 Å². The van der Waals surface area contributed by atoms with Gasteiger partial charge in [-0.1, -0.05) is 11.6 Å². The van der Waals surface area contributed by atoms with Crippen molar-refractivity contribution in [3.05, 3.63) is 55.6 Å². The van der Waals surface area contributed by atoms with E-state index in [4.69, 9.17) is 21.2 Å². The Morgan fingerprint density at radius 1 is 1.15 bits per heavy atom. The van der Waals surface area contributed by atoms with Crippen molar-refractivity contribution >= 4 is 29.3 Å². The summed E-state index contributed by atoms with van der Waals surface area (Å²) in [5.74, 6) is -2.01. The third kappa shape index (κ3) is 5.75. The molecule has 2 rings (SSSR count). The number of ether oxygens (including phenoxy) is 1. The highest BCUT2D eigenvalue weighted by molar-refractivity contribution is 6.33. The van der Waals surface area contributed by atoms with Gasteiger partial charge in [0, 0.05) is 13.1 Å². The molecule has 0 radical (unpaired) electrons. The van der Waals surface area contributed by atoms with Crippen molar-refractivity contribution in [2.75, 3.05) is 11.9 Å². The van der Waals surface area contributed by atoms with Gasteiger partial charge in [-0.05, 0) is 32.9 Å². The number of alkyl halides is 3. The summed E-state index contributed by atoms with van der Waals surface area (Å²) in [6, 6.07) is 0.439. The van der Waals surface area contributed by atoms with Crippen LogP contribution in [0.3, 0.4) is 0 Å². The number of hydrogen-bond acceptors (Lipinski definition) is 6. The quantitative estimate of drug-likeness (QED) is 0.350. The number of carbonyl (C=O) groups is 2. The first-order valence-corrected chi connectivity index (χ1v) is 9.79. The van der Waals surface area contributed by atoms with Crippen molar-refractivity contribution in [3.8, 4) is 5.69 Å². The van der Waals surface area contributed by atoms with Gasteiger partial charge in [0.25, 0.3) is 5.56 Å². The minimum absolute atomic E-state index is 0.0641. The zero-order chi connectivity index (χ0) is 26.0. The lowest BCUT2D eigenvalue weighted by Crippen LogP contribution is -2.44. The number of benzene rings is 1. The van der Waals surface area contributed by atoms with Crippen LogP contribution in [0.5, 0.6) is 0 Å². The highest BCUT2D eigenvalue weighted by Gasteiger charge is 2.35. The van der Waals surface area contributed by atoms with Crippen molar-refractivity contribution in [1.29, 1.82) is 0 Å². The second-order valence-electron chi connectivity index (χ2n) is 7.22. The second kappa shape index (κ2) is 9.85. The minimum atomic E-state index is -5.01. The molecule has 10 nitrogen and oxygen atoms in total. The highest BCUT2D eigenvalue weighted by atomic mass is 35.5. The van der Waals surface area contributed by atoms with Gasteiger partial charge in [-0.2, -0.15) is 13.2 Å². The Morgan fingerprint density at radius 2 is 1.76 bits per heavy atom. The van der Waals surface area contributed by atoms with Crippen molar-refractivity contribution in [1.82, 2.24) is 14.6 Å². The molecule has 0 atom stereocenters. The molecular weight excluding hydrogens is 492 g/mol. The monoisotopic (exact) mass is 510 g/mol. The molecular formula is C19H19ClF4N4O6. The fraction of sp³-hybridized carbons (Fsp3) is 0.368. The molecule has 2 N–H and O–H groups in total. The van der Waals surface area contributed by atoms with Crippen LogP contribution in [0.4, 0.5) is 28.0 Å². The van der Waals surface area contributed by atoms with E-state index in [0.717, 1.165) is 13.1 Å². The van der Waals surface area contributed by atoms with E-state index < -0.39 is 52.2 Å². The Bertz CT molecular complexity index is 1240. The molecule has 186 valence electrons. The number of halogens is 5. The van der Waals surface area contributed by atoms with Gasteiger partial charge in [-0.15, -0.1) is 0 Å². The second-order valence-corrected chi connectivity index (χ2v) is 7.62. The Kier molecular flexibility index (Phi) is 7.78. The number of anilines is 1. The topological polar surface area (TPSA) is 121 Å². The van der Waals surface area contributed by atoms with Gasteiger partial charge in [-0.25, -0.2) is 28.8 Å². The summed E-state index contributed by atoms with van der Waals surface area (Å²) < 4.78 is 58.7. The van der Waals surface area contributed by atoms with Gasteiger partial charge in [0.2, 0.25) is 0 Å². The van der Waals surface area contributed by atoms with Crippen LogP contribution in [0.25, 0.3) is 5.69 Å². The number of hydroxylamine groups is 1. The van der Waals surface area contributed by atoms with Crippen LogP contribution in [0, 0.1) is 5.82 Å². The number of nitrogens with one attached hydrogen (secondary N) is 2. The molecule has 2 aromatic rings. The Hall–Kier alpha value is -3.39. The maximum absolute atomic E-state index is 14.5. The molecule has 0 unspecified atom stereocenters. The minimum Gasteiger partial charge on any atom is -0.464 e. The fourth-order valence-electron chi connectivity index (χ4n) is 2.59. The van der Waals surface area contributed by atoms with E-state index in [1.54, 1.807) is 6.92 Å². The molecule has 0 spiro atoms. The first kappa shape index (κ1) is 26.9. The molecule has 0 aliphatic rings. The largest absolute Gasteiger partial charge is 0.464 e. The average molecular weight is 511 g/mol. The number of urea groups is 1. The molecule has 0 saturated carbocycles.